The van der Waals surface area contributed by atoms with Crippen LogP contribution < -0.4 is 5.32 Å². The van der Waals surface area contributed by atoms with E-state index in [1.165, 1.54) is 16.9 Å². The molecule has 3 rings (SSSR count). The van der Waals surface area contributed by atoms with E-state index in [9.17, 15) is 0 Å². The number of rotatable bonds is 4. The number of anilines is 1. The van der Waals surface area contributed by atoms with Crippen LogP contribution in [0.3, 0.4) is 0 Å². The fourth-order valence-corrected chi connectivity index (χ4v) is 4.71. The van der Waals surface area contributed by atoms with Gasteiger partial charge in [-0.15, -0.1) is 11.3 Å². The molecule has 0 bridgehead atoms. The lowest BCUT2D eigenvalue weighted by atomic mass is 9.93. The highest BCUT2D eigenvalue weighted by Gasteiger charge is 2.23. The molecular formula is C16H17BrClNOS. The molecule has 1 aliphatic carbocycles. The predicted molar refractivity (Wildman–Crippen MR) is 93.5 cm³/mol. The van der Waals surface area contributed by atoms with E-state index < -0.39 is 0 Å². The second-order valence-electron chi connectivity index (χ2n) is 5.22. The summed E-state index contributed by atoms with van der Waals surface area (Å²) in [4.78, 5) is 1.42. The quantitative estimate of drug-likeness (QED) is 0.717. The molecule has 1 unspecified atom stereocenters. The van der Waals surface area contributed by atoms with Crippen LogP contribution in [0.4, 0.5) is 5.69 Å². The number of aryl methyl sites for hydroxylation is 1. The topological polar surface area (TPSA) is 21.3 Å². The highest BCUT2D eigenvalue weighted by molar-refractivity contribution is 9.10. The van der Waals surface area contributed by atoms with E-state index in [1.807, 2.05) is 6.07 Å². The average molecular weight is 387 g/mol. The zero-order valence-electron chi connectivity index (χ0n) is 11.8. The number of hydrogen-bond donors (Lipinski definition) is 1. The van der Waals surface area contributed by atoms with Crippen molar-refractivity contribution >= 4 is 44.6 Å². The monoisotopic (exact) mass is 385 g/mol. The van der Waals surface area contributed by atoms with Crippen LogP contribution in [0.1, 0.15) is 34.9 Å². The third-order valence-electron chi connectivity index (χ3n) is 3.82. The Kier molecular flexibility index (Phi) is 4.89. The third-order valence-corrected chi connectivity index (χ3v) is 5.90. The van der Waals surface area contributed by atoms with Crippen molar-refractivity contribution in [2.45, 2.75) is 31.9 Å². The summed E-state index contributed by atoms with van der Waals surface area (Å²) in [6.07, 6.45) is 3.49. The molecule has 0 spiro atoms. The molecule has 1 aliphatic rings. The first-order valence-electron chi connectivity index (χ1n) is 7.00. The molecule has 0 radical (unpaired) electrons. The van der Waals surface area contributed by atoms with Crippen LogP contribution in [0.2, 0.25) is 4.34 Å². The van der Waals surface area contributed by atoms with E-state index in [1.54, 1.807) is 18.4 Å². The third kappa shape index (κ3) is 3.29. The molecule has 5 heteroatoms. The molecular weight excluding hydrogens is 370 g/mol. The van der Waals surface area contributed by atoms with Gasteiger partial charge in [-0.05, 0) is 43.0 Å². The lowest BCUT2D eigenvalue weighted by Crippen LogP contribution is -2.16. The van der Waals surface area contributed by atoms with Crippen molar-refractivity contribution in [2.75, 3.05) is 12.4 Å². The van der Waals surface area contributed by atoms with Gasteiger partial charge in [0.1, 0.15) is 0 Å². The Morgan fingerprint density at radius 1 is 1.48 bits per heavy atom. The number of hydrogen-bond acceptors (Lipinski definition) is 3. The largest absolute Gasteiger partial charge is 0.380 e. The Labute approximate surface area is 142 Å². The molecule has 0 fully saturated rings. The molecule has 0 saturated carbocycles. The van der Waals surface area contributed by atoms with Crippen LogP contribution in [-0.4, -0.2) is 7.11 Å². The second kappa shape index (κ2) is 6.69. The highest BCUT2D eigenvalue weighted by atomic mass is 79.9. The van der Waals surface area contributed by atoms with Gasteiger partial charge >= 0.3 is 0 Å². The molecule has 21 heavy (non-hydrogen) atoms. The Morgan fingerprint density at radius 3 is 3.14 bits per heavy atom. The number of ether oxygens (including phenoxy) is 1. The fraction of sp³-hybridized carbons (Fsp3) is 0.375. The van der Waals surface area contributed by atoms with Gasteiger partial charge in [0.15, 0.2) is 0 Å². The van der Waals surface area contributed by atoms with Crippen LogP contribution >= 0.6 is 38.9 Å². The van der Waals surface area contributed by atoms with Crippen LogP contribution in [0, 0.1) is 0 Å². The first-order chi connectivity index (χ1) is 10.2. The number of nitrogens with one attached hydrogen (secondary N) is 1. The first-order valence-corrected chi connectivity index (χ1v) is 8.98. The van der Waals surface area contributed by atoms with Gasteiger partial charge in [-0.3, -0.25) is 0 Å². The molecule has 0 saturated heterocycles. The Hall–Kier alpha value is -0.550. The molecule has 1 heterocycles. The average Bonchev–Trinajstić information content (AvgIpc) is 2.84. The van der Waals surface area contributed by atoms with Gasteiger partial charge in [0.25, 0.3) is 0 Å². The summed E-state index contributed by atoms with van der Waals surface area (Å²) in [5, 5.41) is 3.68. The SMILES string of the molecule is COCc1c(Br)cccc1NC1CCCc2sc(Cl)cc21. The van der Waals surface area contributed by atoms with Gasteiger partial charge in [-0.1, -0.05) is 33.6 Å². The van der Waals surface area contributed by atoms with E-state index in [4.69, 9.17) is 16.3 Å². The summed E-state index contributed by atoms with van der Waals surface area (Å²) < 4.78 is 7.29. The maximum atomic E-state index is 6.19. The Morgan fingerprint density at radius 2 is 2.33 bits per heavy atom. The van der Waals surface area contributed by atoms with Crippen molar-refractivity contribution in [1.29, 1.82) is 0 Å². The predicted octanol–water partition coefficient (Wildman–Crippen LogP) is 5.80. The molecule has 1 atom stereocenters. The van der Waals surface area contributed by atoms with Gasteiger partial charge in [0, 0.05) is 27.7 Å². The minimum atomic E-state index is 0.336. The van der Waals surface area contributed by atoms with Crippen LogP contribution in [0.5, 0.6) is 0 Å². The first kappa shape index (κ1) is 15.3. The minimum absolute atomic E-state index is 0.336. The number of halogens is 2. The number of methoxy groups -OCH3 is 1. The van der Waals surface area contributed by atoms with Crippen molar-refractivity contribution in [3.8, 4) is 0 Å². The maximum absolute atomic E-state index is 6.19. The standard InChI is InChI=1S/C16H17BrClNOS/c1-20-9-11-12(17)4-2-5-14(11)19-13-6-3-7-15-10(13)8-16(18)21-15/h2,4-5,8,13,19H,3,6-7,9H2,1H3. The van der Waals surface area contributed by atoms with Gasteiger partial charge < -0.3 is 10.1 Å². The van der Waals surface area contributed by atoms with Gasteiger partial charge in [-0.25, -0.2) is 0 Å². The van der Waals surface area contributed by atoms with E-state index >= 15 is 0 Å². The summed E-state index contributed by atoms with van der Waals surface area (Å²) >= 11 is 11.5. The lowest BCUT2D eigenvalue weighted by molar-refractivity contribution is 0.185. The van der Waals surface area contributed by atoms with Gasteiger partial charge in [0.2, 0.25) is 0 Å². The molecule has 2 nitrogen and oxygen atoms in total. The zero-order chi connectivity index (χ0) is 14.8. The Bertz CT molecular complexity index is 643. The van der Waals surface area contributed by atoms with Crippen LogP contribution in [0.25, 0.3) is 0 Å². The molecule has 112 valence electrons. The van der Waals surface area contributed by atoms with Gasteiger partial charge in [0.05, 0.1) is 17.0 Å². The summed E-state index contributed by atoms with van der Waals surface area (Å²) in [6, 6.07) is 8.67. The molecule has 1 aromatic heterocycles. The number of benzene rings is 1. The van der Waals surface area contributed by atoms with E-state index in [-0.39, 0.29) is 0 Å². The Balaban J connectivity index is 1.89. The van der Waals surface area contributed by atoms with Crippen molar-refractivity contribution in [3.05, 3.63) is 49.1 Å². The summed E-state index contributed by atoms with van der Waals surface area (Å²) in [6.45, 7) is 0.591. The van der Waals surface area contributed by atoms with Crippen molar-refractivity contribution in [1.82, 2.24) is 0 Å². The van der Waals surface area contributed by atoms with E-state index in [2.05, 4.69) is 39.4 Å². The molecule has 0 aliphatic heterocycles. The highest BCUT2D eigenvalue weighted by Crippen LogP contribution is 2.40. The zero-order valence-corrected chi connectivity index (χ0v) is 14.9. The smallest absolute Gasteiger partial charge is 0.0934 e. The normalized spacial score (nSPS) is 17.6. The van der Waals surface area contributed by atoms with Gasteiger partial charge in [-0.2, -0.15) is 0 Å². The van der Waals surface area contributed by atoms with Crippen LogP contribution in [-0.2, 0) is 17.8 Å². The van der Waals surface area contributed by atoms with Crippen molar-refractivity contribution < 1.29 is 4.74 Å². The number of thiophene rings is 1. The second-order valence-corrected chi connectivity index (χ2v) is 7.84. The van der Waals surface area contributed by atoms with E-state index in [0.717, 1.165) is 32.9 Å². The summed E-state index contributed by atoms with van der Waals surface area (Å²) in [5.74, 6) is 0. The molecule has 1 aromatic carbocycles. The maximum Gasteiger partial charge on any atom is 0.0934 e. The molecule has 2 aromatic rings. The van der Waals surface area contributed by atoms with Crippen molar-refractivity contribution in [3.63, 3.8) is 0 Å². The summed E-state index contributed by atoms with van der Waals surface area (Å²) in [5.41, 5.74) is 3.65. The fourth-order valence-electron chi connectivity index (χ4n) is 2.84. The van der Waals surface area contributed by atoms with E-state index in [0.29, 0.717) is 12.6 Å². The van der Waals surface area contributed by atoms with Crippen LogP contribution in [0.15, 0.2) is 28.7 Å². The molecule has 0 amide bonds. The lowest BCUT2D eigenvalue weighted by Gasteiger charge is -2.26. The summed E-state index contributed by atoms with van der Waals surface area (Å²) in [7, 11) is 1.72. The minimum Gasteiger partial charge on any atom is -0.380 e. The molecule has 1 N–H and O–H groups in total. The van der Waals surface area contributed by atoms with Crippen molar-refractivity contribution in [2.24, 2.45) is 0 Å². The number of fused-ring (bicyclic) bond motifs is 1.